The van der Waals surface area contributed by atoms with Crippen LogP contribution in [0.15, 0.2) is 18.2 Å². The topological polar surface area (TPSA) is 93.9 Å². The number of hydrogen-bond acceptors (Lipinski definition) is 5. The van der Waals surface area contributed by atoms with E-state index in [1.807, 2.05) is 23.1 Å². The zero-order valence-corrected chi connectivity index (χ0v) is 14.9. The maximum atomic E-state index is 12.2. The molecule has 1 fully saturated rings. The summed E-state index contributed by atoms with van der Waals surface area (Å²) in [4.78, 5) is 25.1. The van der Waals surface area contributed by atoms with E-state index in [4.69, 9.17) is 15.2 Å². The van der Waals surface area contributed by atoms with Crippen molar-refractivity contribution in [3.8, 4) is 11.5 Å². The number of nitrogens with two attached hydrogens (primary N) is 1. The lowest BCUT2D eigenvalue weighted by atomic mass is 10.0. The van der Waals surface area contributed by atoms with E-state index in [1.165, 1.54) is 0 Å². The van der Waals surface area contributed by atoms with Gasteiger partial charge < -0.3 is 20.5 Å². The van der Waals surface area contributed by atoms with Gasteiger partial charge in [0, 0.05) is 31.6 Å². The fourth-order valence-corrected chi connectivity index (χ4v) is 3.02. The molecule has 1 aromatic rings. The van der Waals surface area contributed by atoms with Crippen LogP contribution in [-0.2, 0) is 16.0 Å². The normalized spacial score (nSPS) is 15.6. The number of piperidine rings is 1. The van der Waals surface area contributed by atoms with Gasteiger partial charge in [0.1, 0.15) is 11.5 Å². The lowest BCUT2D eigenvalue weighted by Gasteiger charge is -2.31. The van der Waals surface area contributed by atoms with Crippen LogP contribution in [0.3, 0.4) is 0 Å². The Morgan fingerprint density at radius 3 is 2.28 bits per heavy atom. The maximum Gasteiger partial charge on any atom is 0.231 e. The van der Waals surface area contributed by atoms with Gasteiger partial charge in [-0.15, -0.1) is 0 Å². The summed E-state index contributed by atoms with van der Waals surface area (Å²) in [6.07, 6.45) is 2.72. The molecule has 1 aliphatic rings. The molecule has 7 nitrogen and oxygen atoms in total. The third kappa shape index (κ3) is 6.26. The van der Waals surface area contributed by atoms with Crippen LogP contribution in [0.5, 0.6) is 11.5 Å². The van der Waals surface area contributed by atoms with Crippen LogP contribution in [0.2, 0.25) is 0 Å². The van der Waals surface area contributed by atoms with Crippen LogP contribution in [0.25, 0.3) is 0 Å². The molecule has 1 aromatic carbocycles. The number of aryl methyl sites for hydroxylation is 1. The maximum absolute atomic E-state index is 12.2. The van der Waals surface area contributed by atoms with Crippen molar-refractivity contribution in [3.63, 3.8) is 0 Å². The Morgan fingerprint density at radius 2 is 1.76 bits per heavy atom. The molecule has 25 heavy (non-hydrogen) atoms. The highest BCUT2D eigenvalue weighted by Gasteiger charge is 2.21. The number of rotatable bonds is 8. The highest BCUT2D eigenvalue weighted by molar-refractivity contribution is 5.77. The van der Waals surface area contributed by atoms with Crippen LogP contribution >= 0.6 is 0 Å². The number of carbonyl (C=O) groups excluding carboxylic acids is 2. The summed E-state index contributed by atoms with van der Waals surface area (Å²) < 4.78 is 10.5. The first-order valence-electron chi connectivity index (χ1n) is 8.52. The van der Waals surface area contributed by atoms with Gasteiger partial charge in [-0.2, -0.15) is 0 Å². The summed E-state index contributed by atoms with van der Waals surface area (Å²) in [5.74, 6) is 1.17. The molecule has 0 atom stereocenters. The van der Waals surface area contributed by atoms with E-state index < -0.39 is 0 Å². The van der Waals surface area contributed by atoms with Crippen LogP contribution in [-0.4, -0.2) is 56.6 Å². The SMILES string of the molecule is COc1cc(CCC(=O)NC2CCN(CC(N)=O)CC2)cc(OC)c1. The quantitative estimate of drug-likeness (QED) is 0.721. The molecule has 0 bridgehead atoms. The van der Waals surface area contributed by atoms with Crippen molar-refractivity contribution in [3.05, 3.63) is 23.8 Å². The first kappa shape index (κ1) is 19.1. The molecular weight excluding hydrogens is 322 g/mol. The number of likely N-dealkylation sites (tertiary alicyclic amines) is 1. The molecule has 2 amide bonds. The molecule has 0 saturated carbocycles. The molecule has 1 aliphatic heterocycles. The summed E-state index contributed by atoms with van der Waals surface area (Å²) in [5.41, 5.74) is 6.21. The average molecular weight is 349 g/mol. The summed E-state index contributed by atoms with van der Waals surface area (Å²) in [6, 6.07) is 5.80. The number of primary amides is 1. The van der Waals surface area contributed by atoms with Gasteiger partial charge in [0.2, 0.25) is 11.8 Å². The Labute approximate surface area is 148 Å². The first-order chi connectivity index (χ1) is 12.0. The van der Waals surface area contributed by atoms with Gasteiger partial charge in [0.15, 0.2) is 0 Å². The number of ether oxygens (including phenoxy) is 2. The highest BCUT2D eigenvalue weighted by Crippen LogP contribution is 2.23. The molecule has 138 valence electrons. The fraction of sp³-hybridized carbons (Fsp3) is 0.556. The summed E-state index contributed by atoms with van der Waals surface area (Å²) in [7, 11) is 3.21. The molecule has 1 heterocycles. The third-order valence-electron chi connectivity index (χ3n) is 4.38. The Hall–Kier alpha value is -2.28. The number of nitrogens with one attached hydrogen (secondary N) is 1. The second-order valence-electron chi connectivity index (χ2n) is 6.31. The Balaban J connectivity index is 1.77. The van der Waals surface area contributed by atoms with E-state index in [1.54, 1.807) is 14.2 Å². The van der Waals surface area contributed by atoms with Crippen LogP contribution in [0, 0.1) is 0 Å². The van der Waals surface area contributed by atoms with Crippen molar-refractivity contribution >= 4 is 11.8 Å². The van der Waals surface area contributed by atoms with Crippen LogP contribution in [0.1, 0.15) is 24.8 Å². The van der Waals surface area contributed by atoms with Gasteiger partial charge in [0.05, 0.1) is 20.8 Å². The zero-order valence-electron chi connectivity index (χ0n) is 14.9. The molecule has 0 aliphatic carbocycles. The standard InChI is InChI=1S/C18H27N3O4/c1-24-15-9-13(10-16(11-15)25-2)3-4-18(23)20-14-5-7-21(8-6-14)12-17(19)22/h9-11,14H,3-8,12H2,1-2H3,(H2,19,22)(H,20,23). The second kappa shape index (κ2) is 9.27. The van der Waals surface area contributed by atoms with Gasteiger partial charge in [-0.25, -0.2) is 0 Å². The number of hydrogen-bond donors (Lipinski definition) is 2. The molecule has 1 saturated heterocycles. The van der Waals surface area contributed by atoms with Gasteiger partial charge in [0.25, 0.3) is 0 Å². The average Bonchev–Trinajstić information content (AvgIpc) is 2.61. The van der Waals surface area contributed by atoms with E-state index in [-0.39, 0.29) is 17.9 Å². The molecule has 2 rings (SSSR count). The number of methoxy groups -OCH3 is 2. The first-order valence-corrected chi connectivity index (χ1v) is 8.52. The van der Waals surface area contributed by atoms with Crippen molar-refractivity contribution in [1.82, 2.24) is 10.2 Å². The van der Waals surface area contributed by atoms with Gasteiger partial charge in [-0.05, 0) is 37.0 Å². The minimum atomic E-state index is -0.309. The lowest BCUT2D eigenvalue weighted by molar-refractivity contribution is -0.123. The van der Waals surface area contributed by atoms with Crippen molar-refractivity contribution in [2.45, 2.75) is 31.7 Å². The van der Waals surface area contributed by atoms with Crippen LogP contribution in [0.4, 0.5) is 0 Å². The minimum absolute atomic E-state index is 0.0372. The zero-order chi connectivity index (χ0) is 18.2. The van der Waals surface area contributed by atoms with Crippen molar-refractivity contribution < 1.29 is 19.1 Å². The smallest absolute Gasteiger partial charge is 0.231 e. The molecule has 0 spiro atoms. The van der Waals surface area contributed by atoms with Gasteiger partial charge in [-0.3, -0.25) is 14.5 Å². The highest BCUT2D eigenvalue weighted by atomic mass is 16.5. The molecule has 0 unspecified atom stereocenters. The summed E-state index contributed by atoms with van der Waals surface area (Å²) in [6.45, 7) is 1.85. The fourth-order valence-electron chi connectivity index (χ4n) is 3.02. The summed E-state index contributed by atoms with van der Waals surface area (Å²) in [5, 5.41) is 3.08. The lowest BCUT2D eigenvalue weighted by Crippen LogP contribution is -2.46. The molecule has 0 aromatic heterocycles. The molecule has 3 N–H and O–H groups in total. The number of benzene rings is 1. The Bertz CT molecular complexity index is 576. The van der Waals surface area contributed by atoms with E-state index in [9.17, 15) is 9.59 Å². The Morgan fingerprint density at radius 1 is 1.16 bits per heavy atom. The van der Waals surface area contributed by atoms with E-state index in [0.717, 1.165) is 43.0 Å². The van der Waals surface area contributed by atoms with E-state index in [2.05, 4.69) is 5.32 Å². The minimum Gasteiger partial charge on any atom is -0.497 e. The van der Waals surface area contributed by atoms with Crippen molar-refractivity contribution in [2.24, 2.45) is 5.73 Å². The van der Waals surface area contributed by atoms with Gasteiger partial charge in [-0.1, -0.05) is 0 Å². The monoisotopic (exact) mass is 349 g/mol. The second-order valence-corrected chi connectivity index (χ2v) is 6.31. The van der Waals surface area contributed by atoms with Crippen molar-refractivity contribution in [2.75, 3.05) is 33.9 Å². The summed E-state index contributed by atoms with van der Waals surface area (Å²) >= 11 is 0. The number of nitrogens with zero attached hydrogens (tertiary/aromatic N) is 1. The van der Waals surface area contributed by atoms with Crippen molar-refractivity contribution in [1.29, 1.82) is 0 Å². The largest absolute Gasteiger partial charge is 0.497 e. The molecule has 0 radical (unpaired) electrons. The van der Waals surface area contributed by atoms with E-state index >= 15 is 0 Å². The number of amides is 2. The van der Waals surface area contributed by atoms with Crippen LogP contribution < -0.4 is 20.5 Å². The predicted octanol–water partition coefficient (Wildman–Crippen LogP) is 0.702. The molecule has 7 heteroatoms. The third-order valence-corrected chi connectivity index (χ3v) is 4.38. The predicted molar refractivity (Wildman–Crippen MR) is 94.7 cm³/mol. The van der Waals surface area contributed by atoms with E-state index in [0.29, 0.717) is 19.4 Å². The molecular formula is C18H27N3O4. The Kier molecular flexibility index (Phi) is 7.06. The van der Waals surface area contributed by atoms with Gasteiger partial charge >= 0.3 is 0 Å². The number of carbonyl (C=O) groups is 2.